The molecule has 0 spiro atoms. The van der Waals surface area contributed by atoms with Gasteiger partial charge in [-0.05, 0) is 106 Å². The number of thioether (sulfide) groups is 1. The fourth-order valence-electron chi connectivity index (χ4n) is 6.84. The molecule has 0 atom stereocenters. The molecule has 2 N–H and O–H groups in total. The second-order valence-electron chi connectivity index (χ2n) is 13.6. The van der Waals surface area contributed by atoms with Crippen molar-refractivity contribution in [3.05, 3.63) is 172 Å². The lowest BCUT2D eigenvalue weighted by atomic mass is 9.99. The number of nitrogens with zero attached hydrogens (tertiary/aromatic N) is 1. The zero-order valence-electron chi connectivity index (χ0n) is 30.5. The lowest BCUT2D eigenvalue weighted by Crippen LogP contribution is -2.21. The van der Waals surface area contributed by atoms with E-state index in [0.29, 0.717) is 19.4 Å². The minimum absolute atomic E-state index is 0.254. The van der Waals surface area contributed by atoms with Crippen LogP contribution < -0.4 is 4.90 Å². The molecule has 0 fully saturated rings. The highest BCUT2D eigenvalue weighted by molar-refractivity contribution is 8.03. The molecule has 0 saturated heterocycles. The highest BCUT2D eigenvalue weighted by Gasteiger charge is 2.26. The maximum atomic E-state index is 11.7. The van der Waals surface area contributed by atoms with E-state index in [9.17, 15) is 25.9 Å². The van der Waals surface area contributed by atoms with Gasteiger partial charge in [0.2, 0.25) is 0 Å². The van der Waals surface area contributed by atoms with Gasteiger partial charge in [-0.1, -0.05) is 127 Å². The van der Waals surface area contributed by atoms with Gasteiger partial charge in [-0.3, -0.25) is 9.11 Å². The van der Waals surface area contributed by atoms with Crippen LogP contribution in [0, 0.1) is 0 Å². The molecule has 1 aliphatic rings. The summed E-state index contributed by atoms with van der Waals surface area (Å²) in [6.07, 6.45) is 10.1. The van der Waals surface area contributed by atoms with Gasteiger partial charge >= 0.3 is 0 Å². The molecule has 0 bridgehead atoms. The Balaban J connectivity index is 1.26. The third kappa shape index (κ3) is 10.4. The van der Waals surface area contributed by atoms with Crippen molar-refractivity contribution in [2.24, 2.45) is 0 Å². The quantitative estimate of drug-likeness (QED) is 0.0778. The van der Waals surface area contributed by atoms with Crippen molar-refractivity contribution in [1.29, 1.82) is 0 Å². The van der Waals surface area contributed by atoms with E-state index >= 15 is 0 Å². The lowest BCUT2D eigenvalue weighted by molar-refractivity contribution is 0.479. The Bertz CT molecular complexity index is 2640. The van der Waals surface area contributed by atoms with Crippen LogP contribution in [0.2, 0.25) is 0 Å². The zero-order valence-corrected chi connectivity index (χ0v) is 33.8. The van der Waals surface area contributed by atoms with Crippen LogP contribution in [-0.2, 0) is 33.1 Å². The van der Waals surface area contributed by atoms with Crippen LogP contribution in [0.15, 0.2) is 161 Å². The maximum absolute atomic E-state index is 11.7. The van der Waals surface area contributed by atoms with Crippen molar-refractivity contribution in [1.82, 2.24) is 0 Å². The van der Waals surface area contributed by atoms with E-state index in [1.165, 1.54) is 0 Å². The number of aryl methyl sites for hydroxylation is 1. The van der Waals surface area contributed by atoms with Gasteiger partial charge in [0, 0.05) is 21.0 Å². The van der Waals surface area contributed by atoms with E-state index in [-0.39, 0.29) is 24.3 Å². The van der Waals surface area contributed by atoms with Crippen LogP contribution in [0.5, 0.6) is 0 Å². The Morgan fingerprint density at radius 1 is 0.679 bits per heavy atom. The second-order valence-corrected chi connectivity index (χ2v) is 18.9. The Labute approximate surface area is 337 Å². The molecule has 1 aromatic heterocycles. The average Bonchev–Trinajstić information content (AvgIpc) is 3.72. The number of fused-ring (bicyclic) bond motifs is 2. The van der Waals surface area contributed by atoms with Gasteiger partial charge in [-0.25, -0.2) is 0 Å². The first kappa shape index (κ1) is 39.5. The molecule has 0 aliphatic carbocycles. The molecule has 0 unspecified atom stereocenters. The Hall–Kier alpha value is -4.75. The highest BCUT2D eigenvalue weighted by atomic mass is 32.2. The highest BCUT2D eigenvalue weighted by Crippen LogP contribution is 2.47. The summed E-state index contributed by atoms with van der Waals surface area (Å²) < 4.78 is 66.8. The summed E-state index contributed by atoms with van der Waals surface area (Å²) in [6, 6.07) is 43.2. The first-order valence-corrected chi connectivity index (χ1v) is 23.1. The predicted octanol–water partition coefficient (Wildman–Crippen LogP) is 11.0. The van der Waals surface area contributed by atoms with Gasteiger partial charge in [0.25, 0.3) is 20.2 Å². The number of anilines is 1. The SMILES string of the molecule is O=S(=O)(O)CCCc1c(/C=C/C(=C/C=C2\Sc3ccc(-c4ccccc4)cc3N2CCCS(=O)(=O)O)Cc2ccccc2)sc2ccc(-c3ccccc3)cc12. The summed E-state index contributed by atoms with van der Waals surface area (Å²) in [7, 11) is -8.22. The number of thiophene rings is 1. The first-order valence-electron chi connectivity index (χ1n) is 18.3. The van der Waals surface area contributed by atoms with Crippen LogP contribution in [0.4, 0.5) is 5.69 Å². The molecule has 7 nitrogen and oxygen atoms in total. The normalized spacial score (nSPS) is 14.3. The number of rotatable bonds is 15. The fraction of sp³-hybridized carbons (Fsp3) is 0.156. The predicted molar refractivity (Wildman–Crippen MR) is 233 cm³/mol. The Morgan fingerprint density at radius 2 is 1.29 bits per heavy atom. The standard InChI is InChI=1S/C45H41NO6S4/c47-55(48,49)28-10-18-39-40-31-37(35-14-6-2-7-15-35)21-24-43(40)53-42(39)23-19-34(30-33-12-4-1-5-13-33)20-26-45-46(27-11-29-56(50,51)52)41-32-38(22-25-44(41)54-45)36-16-8-3-9-17-36/h1-9,12-17,19-26,31-32H,10-11,18,27-30H2,(H,47,48,49)(H,50,51,52)/b23-19+,34-20-,45-26-. The van der Waals surface area contributed by atoms with Crippen LogP contribution in [0.25, 0.3) is 38.4 Å². The largest absolute Gasteiger partial charge is 0.335 e. The molecule has 1 aliphatic heterocycles. The minimum atomic E-state index is -4.11. The van der Waals surface area contributed by atoms with E-state index in [0.717, 1.165) is 69.5 Å². The molecule has 7 rings (SSSR count). The average molecular weight is 820 g/mol. The van der Waals surface area contributed by atoms with E-state index in [4.69, 9.17) is 0 Å². The van der Waals surface area contributed by atoms with Crippen molar-refractivity contribution >= 4 is 65.2 Å². The molecule has 0 radical (unpaired) electrons. The first-order chi connectivity index (χ1) is 27.0. The molecule has 2 heterocycles. The number of hydrogen-bond acceptors (Lipinski definition) is 7. The molecule has 6 aromatic rings. The minimum Gasteiger partial charge on any atom is -0.335 e. The van der Waals surface area contributed by atoms with Crippen molar-refractivity contribution < 1.29 is 25.9 Å². The van der Waals surface area contributed by atoms with E-state index < -0.39 is 20.2 Å². The van der Waals surface area contributed by atoms with Gasteiger partial charge in [0.05, 0.1) is 22.2 Å². The molecule has 56 heavy (non-hydrogen) atoms. The maximum Gasteiger partial charge on any atom is 0.264 e. The van der Waals surface area contributed by atoms with Crippen LogP contribution >= 0.6 is 23.1 Å². The smallest absolute Gasteiger partial charge is 0.264 e. The van der Waals surface area contributed by atoms with Crippen molar-refractivity contribution in [2.75, 3.05) is 23.0 Å². The van der Waals surface area contributed by atoms with Crippen LogP contribution in [0.3, 0.4) is 0 Å². The summed E-state index contributed by atoms with van der Waals surface area (Å²) in [4.78, 5) is 4.21. The monoisotopic (exact) mass is 819 g/mol. The van der Waals surface area contributed by atoms with Gasteiger partial charge in [-0.2, -0.15) is 16.8 Å². The topological polar surface area (TPSA) is 112 Å². The molecular weight excluding hydrogens is 779 g/mol. The molecule has 11 heteroatoms. The molecule has 286 valence electrons. The van der Waals surface area contributed by atoms with E-state index in [2.05, 4.69) is 102 Å². The molecule has 0 saturated carbocycles. The fourth-order valence-corrected chi connectivity index (χ4v) is 10.0. The summed E-state index contributed by atoms with van der Waals surface area (Å²) in [5.74, 6) is -0.645. The van der Waals surface area contributed by atoms with Crippen molar-refractivity contribution in [3.8, 4) is 22.3 Å². The second kappa shape index (κ2) is 17.6. The number of benzene rings is 5. The van der Waals surface area contributed by atoms with Gasteiger partial charge in [0.15, 0.2) is 0 Å². The Kier molecular flexibility index (Phi) is 12.4. The third-order valence-corrected chi connectivity index (χ3v) is 13.4. The number of hydrogen-bond donors (Lipinski definition) is 2. The molecule has 5 aromatic carbocycles. The van der Waals surface area contributed by atoms with Gasteiger partial charge in [-0.15, -0.1) is 11.3 Å². The van der Waals surface area contributed by atoms with Crippen LogP contribution in [-0.4, -0.2) is 44.0 Å². The Morgan fingerprint density at radius 3 is 1.95 bits per heavy atom. The molecule has 0 amide bonds. The van der Waals surface area contributed by atoms with E-state index in [1.54, 1.807) is 23.1 Å². The van der Waals surface area contributed by atoms with Gasteiger partial charge < -0.3 is 4.90 Å². The third-order valence-electron chi connectivity index (χ3n) is 9.52. The van der Waals surface area contributed by atoms with Crippen LogP contribution in [0.1, 0.15) is 28.8 Å². The number of allylic oxidation sites excluding steroid dienone is 4. The van der Waals surface area contributed by atoms with Crippen molar-refractivity contribution in [2.45, 2.75) is 30.6 Å². The summed E-state index contributed by atoms with van der Waals surface area (Å²) in [5, 5.41) is 2.01. The van der Waals surface area contributed by atoms with Gasteiger partial charge in [0.1, 0.15) is 0 Å². The summed E-state index contributed by atoms with van der Waals surface area (Å²) in [6.45, 7) is 0.404. The lowest BCUT2D eigenvalue weighted by Gasteiger charge is -2.20. The summed E-state index contributed by atoms with van der Waals surface area (Å²) in [5.41, 5.74) is 8.51. The van der Waals surface area contributed by atoms with Crippen molar-refractivity contribution in [3.63, 3.8) is 0 Å². The zero-order chi connectivity index (χ0) is 39.1. The molecular formula is C45H41NO6S4. The summed E-state index contributed by atoms with van der Waals surface area (Å²) >= 11 is 3.28. The van der Waals surface area contributed by atoms with E-state index in [1.807, 2.05) is 54.6 Å².